The highest BCUT2D eigenvalue weighted by Gasteiger charge is 2.14. The molecule has 1 aromatic carbocycles. The van der Waals surface area contributed by atoms with E-state index in [4.69, 9.17) is 17.3 Å². The van der Waals surface area contributed by atoms with Gasteiger partial charge in [0, 0.05) is 10.6 Å². The number of nitrogens with two attached hydrogens (primary N) is 1. The molecule has 0 aliphatic heterocycles. The summed E-state index contributed by atoms with van der Waals surface area (Å²) in [5, 5.41) is 5.85. The minimum atomic E-state index is -0.393. The number of carbonyl (C=O) groups is 1. The van der Waals surface area contributed by atoms with Crippen molar-refractivity contribution in [2.75, 3.05) is 0 Å². The molecule has 0 unspecified atom stereocenters. The number of hydrogen-bond donors (Lipinski definition) is 3. The molecule has 0 atom stereocenters. The van der Waals surface area contributed by atoms with Gasteiger partial charge in [-0.1, -0.05) is 17.7 Å². The molecule has 0 saturated heterocycles. The van der Waals surface area contributed by atoms with Gasteiger partial charge in [0.1, 0.15) is 0 Å². The van der Waals surface area contributed by atoms with Gasteiger partial charge in [-0.15, -0.1) is 0 Å². The fourth-order valence-electron chi connectivity index (χ4n) is 1.62. The largest absolute Gasteiger partial charge is 0.369 e. The summed E-state index contributed by atoms with van der Waals surface area (Å²) in [6.45, 7) is 9.41. The Kier molecular flexibility index (Phi) is 5.00. The molecule has 0 aliphatic carbocycles. The second-order valence-corrected chi connectivity index (χ2v) is 6.07. The fourth-order valence-corrected chi connectivity index (χ4v) is 1.77. The summed E-state index contributed by atoms with van der Waals surface area (Å²) in [4.78, 5) is 15.9. The maximum absolute atomic E-state index is 11.7. The number of carbonyl (C=O) groups excluding carboxylic acids is 1. The lowest BCUT2D eigenvalue weighted by Gasteiger charge is -2.20. The summed E-state index contributed by atoms with van der Waals surface area (Å²) in [6.07, 6.45) is 0. The lowest BCUT2D eigenvalue weighted by atomic mass is 10.1. The van der Waals surface area contributed by atoms with Crippen LogP contribution in [0.1, 0.15) is 31.9 Å². The van der Waals surface area contributed by atoms with Crippen molar-refractivity contribution in [2.45, 2.75) is 40.2 Å². The second-order valence-electron chi connectivity index (χ2n) is 5.66. The first-order chi connectivity index (χ1) is 9.10. The first-order valence-corrected chi connectivity index (χ1v) is 6.67. The Morgan fingerprint density at radius 2 is 1.90 bits per heavy atom. The van der Waals surface area contributed by atoms with Crippen LogP contribution in [0.25, 0.3) is 0 Å². The topological polar surface area (TPSA) is 79.5 Å². The highest BCUT2D eigenvalue weighted by Crippen LogP contribution is 2.29. The Bertz CT molecular complexity index is 547. The number of guanidine groups is 1. The molecule has 0 saturated carbocycles. The van der Waals surface area contributed by atoms with E-state index in [-0.39, 0.29) is 11.5 Å². The quantitative estimate of drug-likeness (QED) is 0.550. The van der Waals surface area contributed by atoms with Gasteiger partial charge in [0.2, 0.25) is 5.96 Å². The Morgan fingerprint density at radius 1 is 1.30 bits per heavy atom. The molecule has 0 aromatic heterocycles. The average Bonchev–Trinajstić information content (AvgIpc) is 2.27. The van der Waals surface area contributed by atoms with Crippen molar-refractivity contribution >= 4 is 29.3 Å². The van der Waals surface area contributed by atoms with Gasteiger partial charge >= 0.3 is 6.03 Å². The molecular formula is C14H21ClN4O. The number of aryl methyl sites for hydroxylation is 1. The monoisotopic (exact) mass is 296 g/mol. The highest BCUT2D eigenvalue weighted by atomic mass is 35.5. The van der Waals surface area contributed by atoms with Gasteiger partial charge in [-0.2, -0.15) is 0 Å². The van der Waals surface area contributed by atoms with Crippen LogP contribution in [0.5, 0.6) is 0 Å². The van der Waals surface area contributed by atoms with Crippen LogP contribution in [0.4, 0.5) is 10.5 Å². The fraction of sp³-hybridized carbons (Fsp3) is 0.429. The van der Waals surface area contributed by atoms with E-state index in [1.165, 1.54) is 0 Å². The van der Waals surface area contributed by atoms with Gasteiger partial charge in [-0.25, -0.2) is 9.79 Å². The van der Waals surface area contributed by atoms with E-state index in [1.807, 2.05) is 40.7 Å². The molecule has 0 radical (unpaired) electrons. The van der Waals surface area contributed by atoms with Crippen molar-refractivity contribution in [1.29, 1.82) is 0 Å². The van der Waals surface area contributed by atoms with Gasteiger partial charge in [0.15, 0.2) is 0 Å². The van der Waals surface area contributed by atoms with E-state index in [1.54, 1.807) is 6.07 Å². The van der Waals surface area contributed by atoms with Gasteiger partial charge in [0.05, 0.1) is 5.69 Å². The van der Waals surface area contributed by atoms with Crippen molar-refractivity contribution < 1.29 is 4.79 Å². The molecule has 5 nitrogen and oxygen atoms in total. The summed E-state index contributed by atoms with van der Waals surface area (Å²) in [5.74, 6) is 0.0280. The molecule has 0 fully saturated rings. The van der Waals surface area contributed by atoms with Crippen molar-refractivity contribution in [3.05, 3.63) is 28.3 Å². The number of urea groups is 1. The molecule has 1 aromatic rings. The molecule has 110 valence electrons. The SMILES string of the molecule is Cc1ccc(Cl)c(C)c1N=C(N)NC(=O)NC(C)(C)C. The third-order valence-corrected chi connectivity index (χ3v) is 2.94. The standard InChI is InChI=1S/C14H21ClN4O/c1-8-6-7-10(15)9(2)11(8)17-12(16)18-13(20)19-14(3,4)5/h6-7H,1-5H3,(H4,16,17,18,19,20). The number of halogens is 1. The number of nitrogens with one attached hydrogen (secondary N) is 2. The molecule has 2 amide bonds. The second kappa shape index (κ2) is 6.13. The van der Waals surface area contributed by atoms with Gasteiger partial charge in [0.25, 0.3) is 0 Å². The van der Waals surface area contributed by atoms with Crippen molar-refractivity contribution in [2.24, 2.45) is 10.7 Å². The minimum Gasteiger partial charge on any atom is -0.369 e. The zero-order chi connectivity index (χ0) is 15.5. The third-order valence-electron chi connectivity index (χ3n) is 2.53. The van der Waals surface area contributed by atoms with Gasteiger partial charge in [-0.05, 0) is 51.8 Å². The van der Waals surface area contributed by atoms with E-state index >= 15 is 0 Å². The van der Waals surface area contributed by atoms with Crippen LogP contribution in [-0.4, -0.2) is 17.5 Å². The summed E-state index contributed by atoms with van der Waals surface area (Å²) in [6, 6.07) is 3.27. The molecule has 6 heteroatoms. The number of aliphatic imine (C=N–C) groups is 1. The molecule has 0 spiro atoms. The van der Waals surface area contributed by atoms with Gasteiger partial charge in [-0.3, -0.25) is 5.32 Å². The van der Waals surface area contributed by atoms with Crippen LogP contribution in [0.2, 0.25) is 5.02 Å². The highest BCUT2D eigenvalue weighted by molar-refractivity contribution is 6.31. The van der Waals surface area contributed by atoms with Crippen LogP contribution < -0.4 is 16.4 Å². The molecule has 0 bridgehead atoms. The van der Waals surface area contributed by atoms with Crippen LogP contribution in [0, 0.1) is 13.8 Å². The Hall–Kier alpha value is -1.75. The normalized spacial score (nSPS) is 12.2. The van der Waals surface area contributed by atoms with E-state index in [9.17, 15) is 4.79 Å². The van der Waals surface area contributed by atoms with E-state index < -0.39 is 6.03 Å². The molecule has 1 rings (SSSR count). The Balaban J connectivity index is 2.90. The van der Waals surface area contributed by atoms with E-state index in [2.05, 4.69) is 15.6 Å². The van der Waals surface area contributed by atoms with Crippen molar-refractivity contribution in [1.82, 2.24) is 10.6 Å². The van der Waals surface area contributed by atoms with Crippen molar-refractivity contribution in [3.8, 4) is 0 Å². The summed E-state index contributed by atoms with van der Waals surface area (Å²) in [5.41, 5.74) is 7.84. The average molecular weight is 297 g/mol. The predicted molar refractivity (Wildman–Crippen MR) is 83.6 cm³/mol. The first kappa shape index (κ1) is 16.3. The molecule has 0 heterocycles. The lowest BCUT2D eigenvalue weighted by molar-refractivity contribution is 0.236. The predicted octanol–water partition coefficient (Wildman–Crippen LogP) is 3.00. The number of benzene rings is 1. The molecular weight excluding hydrogens is 276 g/mol. The Labute approximate surface area is 124 Å². The molecule has 0 aliphatic rings. The third kappa shape index (κ3) is 4.74. The van der Waals surface area contributed by atoms with Crippen LogP contribution in [0.3, 0.4) is 0 Å². The maximum atomic E-state index is 11.7. The minimum absolute atomic E-state index is 0.0280. The molecule has 4 N–H and O–H groups in total. The number of nitrogens with zero attached hydrogens (tertiary/aromatic N) is 1. The van der Waals surface area contributed by atoms with E-state index in [0.717, 1.165) is 11.1 Å². The first-order valence-electron chi connectivity index (χ1n) is 6.29. The van der Waals surface area contributed by atoms with Crippen LogP contribution in [-0.2, 0) is 0 Å². The maximum Gasteiger partial charge on any atom is 0.321 e. The smallest absolute Gasteiger partial charge is 0.321 e. The van der Waals surface area contributed by atoms with Crippen LogP contribution in [0.15, 0.2) is 17.1 Å². The van der Waals surface area contributed by atoms with Crippen LogP contribution >= 0.6 is 11.6 Å². The molecule has 20 heavy (non-hydrogen) atoms. The zero-order valence-electron chi connectivity index (χ0n) is 12.5. The van der Waals surface area contributed by atoms with E-state index in [0.29, 0.717) is 10.7 Å². The van der Waals surface area contributed by atoms with Crippen molar-refractivity contribution in [3.63, 3.8) is 0 Å². The lowest BCUT2D eigenvalue weighted by Crippen LogP contribution is -2.50. The van der Waals surface area contributed by atoms with Gasteiger partial charge < -0.3 is 11.1 Å². The summed E-state index contributed by atoms with van der Waals surface area (Å²) >= 11 is 6.05. The summed E-state index contributed by atoms with van der Waals surface area (Å²) < 4.78 is 0. The summed E-state index contributed by atoms with van der Waals surface area (Å²) in [7, 11) is 0. The number of hydrogen-bond acceptors (Lipinski definition) is 2. The Morgan fingerprint density at radius 3 is 2.45 bits per heavy atom. The number of amides is 2. The zero-order valence-corrected chi connectivity index (χ0v) is 13.2. The number of rotatable bonds is 1.